The molecule has 11 heteroatoms. The zero-order chi connectivity index (χ0) is 28.6. The molecular weight excluding hydrogens is 526 g/mol. The maximum Gasteiger partial charge on any atom is 0.293 e. The summed E-state index contributed by atoms with van der Waals surface area (Å²) in [6.45, 7) is 9.22. The normalized spacial score (nSPS) is 12.8. The van der Waals surface area contributed by atoms with Gasteiger partial charge in [0.15, 0.2) is 11.6 Å². The molecule has 2 atom stereocenters. The number of carbonyl (C=O) groups excluding carboxylic acids is 2. The molecular formula is C26H37ClF2N2O5S. The van der Waals surface area contributed by atoms with Crippen LogP contribution in [-0.2, 0) is 9.53 Å². The molecule has 0 heterocycles. The molecule has 0 saturated heterocycles. The molecule has 0 aliphatic carbocycles. The Labute approximate surface area is 228 Å². The van der Waals surface area contributed by atoms with E-state index < -0.39 is 29.2 Å². The van der Waals surface area contributed by atoms with Gasteiger partial charge in [-0.1, -0.05) is 38.8 Å². The van der Waals surface area contributed by atoms with Crippen LogP contribution in [0.5, 0.6) is 0 Å². The summed E-state index contributed by atoms with van der Waals surface area (Å²) in [6.07, 6.45) is 1.01. The molecule has 0 saturated carbocycles. The first-order chi connectivity index (χ1) is 17.3. The summed E-state index contributed by atoms with van der Waals surface area (Å²) >= 11 is 9.88. The third-order valence-corrected chi connectivity index (χ3v) is 5.57. The fourth-order valence-electron chi connectivity index (χ4n) is 2.86. The molecule has 3 N–H and O–H groups in total. The molecule has 208 valence electrons. The van der Waals surface area contributed by atoms with E-state index in [0.29, 0.717) is 41.5 Å². The fourth-order valence-corrected chi connectivity index (χ4v) is 3.19. The summed E-state index contributed by atoms with van der Waals surface area (Å²) in [5, 5.41) is 22.3. The molecule has 0 aromatic heterocycles. The van der Waals surface area contributed by atoms with Crippen LogP contribution in [0.25, 0.3) is 0 Å². The van der Waals surface area contributed by atoms with Crippen LogP contribution in [0.2, 0.25) is 5.02 Å². The summed E-state index contributed by atoms with van der Waals surface area (Å²) in [5.74, 6) is -2.45. The van der Waals surface area contributed by atoms with Gasteiger partial charge in [0.2, 0.25) is 0 Å². The lowest BCUT2D eigenvalue weighted by Gasteiger charge is -2.32. The lowest BCUT2D eigenvalue weighted by atomic mass is 9.96. The van der Waals surface area contributed by atoms with Crippen molar-refractivity contribution in [1.82, 2.24) is 4.90 Å². The third-order valence-electron chi connectivity index (χ3n) is 4.74. The van der Waals surface area contributed by atoms with Crippen LogP contribution in [-0.4, -0.2) is 65.9 Å². The van der Waals surface area contributed by atoms with Crippen LogP contribution >= 0.6 is 24.2 Å². The second kappa shape index (κ2) is 18.1. The predicted octanol–water partition coefficient (Wildman–Crippen LogP) is 5.19. The van der Waals surface area contributed by atoms with Crippen molar-refractivity contribution in [3.63, 3.8) is 0 Å². The molecule has 1 amide bonds. The van der Waals surface area contributed by atoms with Crippen LogP contribution in [0.3, 0.4) is 0 Å². The Balaban J connectivity index is 0.000000650. The zero-order valence-electron chi connectivity index (χ0n) is 21.8. The summed E-state index contributed by atoms with van der Waals surface area (Å²) in [5.41, 5.74) is -0.649. The van der Waals surface area contributed by atoms with E-state index in [1.54, 1.807) is 14.0 Å². The van der Waals surface area contributed by atoms with Gasteiger partial charge in [-0.15, -0.1) is 12.6 Å². The van der Waals surface area contributed by atoms with Gasteiger partial charge in [0, 0.05) is 35.3 Å². The van der Waals surface area contributed by atoms with Crippen molar-refractivity contribution in [2.45, 2.75) is 57.1 Å². The lowest BCUT2D eigenvalue weighted by molar-refractivity contribution is -0.129. The van der Waals surface area contributed by atoms with Gasteiger partial charge in [-0.2, -0.15) is 0 Å². The van der Waals surface area contributed by atoms with Gasteiger partial charge in [-0.05, 0) is 50.7 Å². The fraction of sp³-hybridized carbons (Fsp3) is 0.462. The number of halogens is 3. The number of aliphatic hydroxyl groups is 2. The highest BCUT2D eigenvalue weighted by atomic mass is 35.5. The molecule has 0 aliphatic heterocycles. The molecule has 7 nitrogen and oxygen atoms in total. The summed E-state index contributed by atoms with van der Waals surface area (Å²) in [7, 11) is 1.80. The quantitative estimate of drug-likeness (QED) is 0.181. The number of hydrogen-bond donors (Lipinski definition) is 4. The van der Waals surface area contributed by atoms with E-state index in [2.05, 4.69) is 36.5 Å². The van der Waals surface area contributed by atoms with Gasteiger partial charge in [-0.25, -0.2) is 8.78 Å². The number of thiol groups is 1. The molecule has 37 heavy (non-hydrogen) atoms. The second-order valence-corrected chi connectivity index (χ2v) is 9.33. The SMILES string of the molecule is CCC.CCC(O)C(C)(O)CN(C)CCOC=O.O=C(Nc1ccc(F)c(F)c1)c1ccc(Cl)c(S)c1. The van der Waals surface area contributed by atoms with Crippen molar-refractivity contribution in [3.05, 3.63) is 58.6 Å². The van der Waals surface area contributed by atoms with E-state index in [9.17, 15) is 28.6 Å². The minimum absolute atomic E-state index is 0.166. The van der Waals surface area contributed by atoms with E-state index in [-0.39, 0.29) is 12.3 Å². The highest BCUT2D eigenvalue weighted by Crippen LogP contribution is 2.22. The molecule has 0 fully saturated rings. The van der Waals surface area contributed by atoms with Crippen LogP contribution in [0.15, 0.2) is 41.3 Å². The minimum atomic E-state index is -1.13. The average molecular weight is 563 g/mol. The Kier molecular flexibility index (Phi) is 17.0. The molecule has 0 spiro atoms. The topological polar surface area (TPSA) is 99.1 Å². The van der Waals surface area contributed by atoms with Crippen LogP contribution in [0.4, 0.5) is 14.5 Å². The van der Waals surface area contributed by atoms with E-state index in [1.165, 1.54) is 30.7 Å². The van der Waals surface area contributed by atoms with Crippen molar-refractivity contribution >= 4 is 42.3 Å². The van der Waals surface area contributed by atoms with Crippen molar-refractivity contribution in [2.75, 3.05) is 32.1 Å². The number of aliphatic hydroxyl groups excluding tert-OH is 1. The first-order valence-electron chi connectivity index (χ1n) is 11.7. The maximum absolute atomic E-state index is 13.0. The van der Waals surface area contributed by atoms with Crippen molar-refractivity contribution in [2.24, 2.45) is 0 Å². The monoisotopic (exact) mass is 562 g/mol. The Bertz CT molecular complexity index is 982. The van der Waals surface area contributed by atoms with E-state index in [1.807, 2.05) is 11.8 Å². The zero-order valence-corrected chi connectivity index (χ0v) is 23.5. The molecule has 2 unspecified atom stereocenters. The minimum Gasteiger partial charge on any atom is -0.467 e. The van der Waals surface area contributed by atoms with Crippen molar-refractivity contribution in [3.8, 4) is 0 Å². The maximum atomic E-state index is 13.0. The molecule has 2 rings (SSSR count). The van der Waals surface area contributed by atoms with E-state index in [4.69, 9.17) is 11.6 Å². The number of likely N-dealkylation sites (N-methyl/N-ethyl adjacent to an activating group) is 1. The van der Waals surface area contributed by atoms with E-state index >= 15 is 0 Å². The second-order valence-electron chi connectivity index (χ2n) is 8.44. The number of amides is 1. The van der Waals surface area contributed by atoms with Crippen LogP contribution in [0.1, 0.15) is 50.9 Å². The standard InChI is InChI=1S/C13H8ClF2NOS.C10H21NO4.C3H8/c14-9-3-1-7(5-12(9)19)13(18)17-8-2-4-10(15)11(16)6-8;1-4-9(13)10(2,14)7-11(3)5-6-15-8-12;1-3-2/h1-6,19H,(H,17,18);8-9,13-14H,4-7H2,1-3H3;3H2,1-2H3. The smallest absolute Gasteiger partial charge is 0.293 e. The summed E-state index contributed by atoms with van der Waals surface area (Å²) < 4.78 is 30.3. The van der Waals surface area contributed by atoms with Crippen molar-refractivity contribution < 1.29 is 33.3 Å². The Morgan fingerprint density at radius 1 is 1.22 bits per heavy atom. The lowest BCUT2D eigenvalue weighted by Crippen LogP contribution is -2.48. The van der Waals surface area contributed by atoms with Gasteiger partial charge in [0.05, 0.1) is 11.1 Å². The van der Waals surface area contributed by atoms with Gasteiger partial charge in [-0.3, -0.25) is 9.59 Å². The molecule has 0 radical (unpaired) electrons. The van der Waals surface area contributed by atoms with Crippen LogP contribution < -0.4 is 5.32 Å². The highest BCUT2D eigenvalue weighted by molar-refractivity contribution is 7.80. The molecule has 2 aromatic rings. The number of carbonyl (C=O) groups is 2. The Morgan fingerprint density at radius 2 is 1.84 bits per heavy atom. The number of nitrogens with zero attached hydrogens (tertiary/aromatic N) is 1. The van der Waals surface area contributed by atoms with E-state index in [0.717, 1.165) is 12.1 Å². The largest absolute Gasteiger partial charge is 0.467 e. The average Bonchev–Trinajstić information content (AvgIpc) is 2.83. The predicted molar refractivity (Wildman–Crippen MR) is 145 cm³/mol. The molecule has 0 bridgehead atoms. The summed E-state index contributed by atoms with van der Waals surface area (Å²) in [4.78, 5) is 24.0. The number of nitrogens with one attached hydrogen (secondary N) is 1. The first-order valence-corrected chi connectivity index (χ1v) is 12.5. The van der Waals surface area contributed by atoms with Gasteiger partial charge >= 0.3 is 0 Å². The number of anilines is 1. The summed E-state index contributed by atoms with van der Waals surface area (Å²) in [6, 6.07) is 7.65. The molecule has 2 aromatic carbocycles. The first kappa shape index (κ1) is 34.8. The van der Waals surface area contributed by atoms with Gasteiger partial charge in [0.25, 0.3) is 12.4 Å². The number of rotatable bonds is 10. The Morgan fingerprint density at radius 3 is 2.35 bits per heavy atom. The number of ether oxygens (including phenoxy) is 1. The Hall–Kier alpha value is -2.24. The molecule has 0 aliphatic rings. The van der Waals surface area contributed by atoms with Gasteiger partial charge in [0.1, 0.15) is 12.2 Å². The highest BCUT2D eigenvalue weighted by Gasteiger charge is 2.30. The van der Waals surface area contributed by atoms with Gasteiger partial charge < -0.3 is 25.2 Å². The number of benzene rings is 2. The van der Waals surface area contributed by atoms with Crippen LogP contribution in [0, 0.1) is 11.6 Å². The number of hydrogen-bond acceptors (Lipinski definition) is 7. The van der Waals surface area contributed by atoms with Crippen molar-refractivity contribution in [1.29, 1.82) is 0 Å². The third kappa shape index (κ3) is 13.8.